The van der Waals surface area contributed by atoms with Crippen molar-refractivity contribution in [3.63, 3.8) is 0 Å². The molecule has 0 bridgehead atoms. The van der Waals surface area contributed by atoms with Gasteiger partial charge in [0.05, 0.1) is 0 Å². The quantitative estimate of drug-likeness (QED) is 0.673. The maximum Gasteiger partial charge on any atom is 0.132 e. The van der Waals surface area contributed by atoms with Crippen molar-refractivity contribution in [2.45, 2.75) is 33.6 Å². The van der Waals surface area contributed by atoms with E-state index in [-0.39, 0.29) is 17.4 Å². The molecule has 1 unspecified atom stereocenters. The average Bonchev–Trinajstić information content (AvgIpc) is 2.12. The van der Waals surface area contributed by atoms with Gasteiger partial charge >= 0.3 is 0 Å². The van der Waals surface area contributed by atoms with E-state index in [1.54, 1.807) is 6.92 Å². The molecule has 2 heteroatoms. The SMILES string of the molecule is Cc1ccc(F)c(C(C)C(C)C)c1F. The molecule has 0 spiro atoms. The minimum Gasteiger partial charge on any atom is -0.207 e. The van der Waals surface area contributed by atoms with Crippen LogP contribution in [0.4, 0.5) is 8.78 Å². The Morgan fingerprint density at radius 3 is 2.14 bits per heavy atom. The second-order valence-corrected chi connectivity index (χ2v) is 4.12. The first-order chi connectivity index (χ1) is 6.45. The summed E-state index contributed by atoms with van der Waals surface area (Å²) in [7, 11) is 0. The third-order valence-electron chi connectivity index (χ3n) is 2.77. The molecule has 0 aliphatic rings. The molecule has 0 aromatic heterocycles. The summed E-state index contributed by atoms with van der Waals surface area (Å²) in [6.45, 7) is 7.44. The van der Waals surface area contributed by atoms with Crippen LogP contribution in [0, 0.1) is 24.5 Å². The van der Waals surface area contributed by atoms with Crippen LogP contribution in [-0.2, 0) is 0 Å². The molecule has 0 aliphatic carbocycles. The van der Waals surface area contributed by atoms with Crippen LogP contribution in [0.25, 0.3) is 0 Å². The molecule has 0 saturated carbocycles. The fourth-order valence-corrected chi connectivity index (χ4v) is 1.43. The van der Waals surface area contributed by atoms with Crippen molar-refractivity contribution >= 4 is 0 Å². The molecule has 1 aromatic carbocycles. The van der Waals surface area contributed by atoms with Gasteiger partial charge in [0, 0.05) is 5.56 Å². The van der Waals surface area contributed by atoms with Gasteiger partial charge in [-0.3, -0.25) is 0 Å². The van der Waals surface area contributed by atoms with Crippen molar-refractivity contribution < 1.29 is 8.78 Å². The number of benzene rings is 1. The Bertz CT molecular complexity index is 329. The number of rotatable bonds is 2. The molecule has 0 saturated heterocycles. The minimum atomic E-state index is -0.436. The van der Waals surface area contributed by atoms with Crippen molar-refractivity contribution in [1.29, 1.82) is 0 Å². The largest absolute Gasteiger partial charge is 0.207 e. The van der Waals surface area contributed by atoms with E-state index in [9.17, 15) is 8.78 Å². The van der Waals surface area contributed by atoms with Gasteiger partial charge in [-0.25, -0.2) is 8.78 Å². The van der Waals surface area contributed by atoms with E-state index >= 15 is 0 Å². The van der Waals surface area contributed by atoms with E-state index in [0.29, 0.717) is 5.56 Å². The third-order valence-corrected chi connectivity index (χ3v) is 2.77. The van der Waals surface area contributed by atoms with Gasteiger partial charge in [0.25, 0.3) is 0 Å². The molecule has 0 nitrogen and oxygen atoms in total. The fraction of sp³-hybridized carbons (Fsp3) is 0.500. The predicted octanol–water partition coefficient (Wildman–Crippen LogP) is 4.03. The van der Waals surface area contributed by atoms with E-state index in [1.807, 2.05) is 20.8 Å². The molecule has 1 atom stereocenters. The molecule has 78 valence electrons. The summed E-state index contributed by atoms with van der Waals surface area (Å²) in [6.07, 6.45) is 0. The second kappa shape index (κ2) is 4.07. The van der Waals surface area contributed by atoms with E-state index < -0.39 is 11.6 Å². The number of hydrogen-bond acceptors (Lipinski definition) is 0. The van der Waals surface area contributed by atoms with E-state index in [1.165, 1.54) is 12.1 Å². The summed E-state index contributed by atoms with van der Waals surface area (Å²) in [6, 6.07) is 2.81. The molecular formula is C12H16F2. The van der Waals surface area contributed by atoms with Crippen molar-refractivity contribution in [1.82, 2.24) is 0 Å². The maximum absolute atomic E-state index is 13.6. The lowest BCUT2D eigenvalue weighted by molar-refractivity contribution is 0.465. The van der Waals surface area contributed by atoms with E-state index in [4.69, 9.17) is 0 Å². The lowest BCUT2D eigenvalue weighted by Gasteiger charge is -2.18. The van der Waals surface area contributed by atoms with Crippen LogP contribution in [0.2, 0.25) is 0 Å². The van der Waals surface area contributed by atoms with Crippen molar-refractivity contribution in [2.75, 3.05) is 0 Å². The van der Waals surface area contributed by atoms with Crippen molar-refractivity contribution in [3.05, 3.63) is 34.9 Å². The Balaban J connectivity index is 3.25. The Morgan fingerprint density at radius 1 is 1.07 bits per heavy atom. The Labute approximate surface area is 84.0 Å². The number of halogens is 2. The van der Waals surface area contributed by atoms with Crippen LogP contribution < -0.4 is 0 Å². The zero-order valence-electron chi connectivity index (χ0n) is 9.07. The molecule has 0 aliphatic heterocycles. The second-order valence-electron chi connectivity index (χ2n) is 4.12. The predicted molar refractivity (Wildman–Crippen MR) is 54.3 cm³/mol. The number of aryl methyl sites for hydroxylation is 1. The number of hydrogen-bond donors (Lipinski definition) is 0. The van der Waals surface area contributed by atoms with Crippen LogP contribution in [0.3, 0.4) is 0 Å². The summed E-state index contributed by atoms with van der Waals surface area (Å²) < 4.78 is 27.0. The van der Waals surface area contributed by atoms with Gasteiger partial charge in [-0.05, 0) is 30.4 Å². The molecular weight excluding hydrogens is 182 g/mol. The first-order valence-electron chi connectivity index (χ1n) is 4.89. The molecule has 1 aromatic rings. The molecule has 0 radical (unpaired) electrons. The molecule has 0 N–H and O–H groups in total. The molecule has 0 fully saturated rings. The molecule has 1 rings (SSSR count). The topological polar surface area (TPSA) is 0 Å². The van der Waals surface area contributed by atoms with Crippen LogP contribution in [0.15, 0.2) is 12.1 Å². The summed E-state index contributed by atoms with van der Waals surface area (Å²) in [5.74, 6) is -0.684. The highest BCUT2D eigenvalue weighted by molar-refractivity contribution is 5.29. The normalized spacial score (nSPS) is 13.4. The van der Waals surface area contributed by atoms with Crippen molar-refractivity contribution in [2.24, 2.45) is 5.92 Å². The molecule has 0 amide bonds. The fourth-order valence-electron chi connectivity index (χ4n) is 1.43. The zero-order valence-corrected chi connectivity index (χ0v) is 9.07. The van der Waals surface area contributed by atoms with Gasteiger partial charge in [0.15, 0.2) is 0 Å². The van der Waals surface area contributed by atoms with E-state index in [0.717, 1.165) is 0 Å². The van der Waals surface area contributed by atoms with Gasteiger partial charge in [0.1, 0.15) is 11.6 Å². The summed E-state index contributed by atoms with van der Waals surface area (Å²) >= 11 is 0. The van der Waals surface area contributed by atoms with E-state index in [2.05, 4.69) is 0 Å². The standard InChI is InChI=1S/C12H16F2/c1-7(2)9(4)11-10(13)6-5-8(3)12(11)14/h5-7,9H,1-4H3. The highest BCUT2D eigenvalue weighted by Gasteiger charge is 2.19. The Morgan fingerprint density at radius 2 is 1.64 bits per heavy atom. The van der Waals surface area contributed by atoms with Crippen LogP contribution in [-0.4, -0.2) is 0 Å². The van der Waals surface area contributed by atoms with Gasteiger partial charge in [-0.2, -0.15) is 0 Å². The van der Waals surface area contributed by atoms with Crippen LogP contribution >= 0.6 is 0 Å². The summed E-state index contributed by atoms with van der Waals surface area (Å²) in [4.78, 5) is 0. The zero-order chi connectivity index (χ0) is 10.9. The van der Waals surface area contributed by atoms with Crippen LogP contribution in [0.5, 0.6) is 0 Å². The molecule has 0 heterocycles. The first kappa shape index (κ1) is 11.2. The smallest absolute Gasteiger partial charge is 0.132 e. The minimum absolute atomic E-state index is 0.0881. The lowest BCUT2D eigenvalue weighted by atomic mass is 9.88. The summed E-state index contributed by atoms with van der Waals surface area (Å²) in [5.41, 5.74) is 0.730. The van der Waals surface area contributed by atoms with Gasteiger partial charge in [-0.15, -0.1) is 0 Å². The third kappa shape index (κ3) is 1.94. The average molecular weight is 198 g/mol. The van der Waals surface area contributed by atoms with Gasteiger partial charge in [-0.1, -0.05) is 26.8 Å². The summed E-state index contributed by atoms with van der Waals surface area (Å²) in [5, 5.41) is 0. The Hall–Kier alpha value is -0.920. The monoisotopic (exact) mass is 198 g/mol. The Kier molecular flexibility index (Phi) is 3.25. The van der Waals surface area contributed by atoms with Crippen LogP contribution in [0.1, 0.15) is 37.8 Å². The van der Waals surface area contributed by atoms with Gasteiger partial charge in [0.2, 0.25) is 0 Å². The van der Waals surface area contributed by atoms with Gasteiger partial charge < -0.3 is 0 Å². The lowest BCUT2D eigenvalue weighted by Crippen LogP contribution is -2.08. The molecule has 14 heavy (non-hydrogen) atoms. The highest BCUT2D eigenvalue weighted by Crippen LogP contribution is 2.29. The van der Waals surface area contributed by atoms with Crippen molar-refractivity contribution in [3.8, 4) is 0 Å². The first-order valence-corrected chi connectivity index (χ1v) is 4.89. The highest BCUT2D eigenvalue weighted by atomic mass is 19.1. The maximum atomic E-state index is 13.6.